The molecule has 0 spiro atoms. The number of hydrogen-bond acceptors (Lipinski definition) is 12. The summed E-state index contributed by atoms with van der Waals surface area (Å²) in [6, 6.07) is 17.4. The average Bonchev–Trinajstić information content (AvgIpc) is 3.71. The van der Waals surface area contributed by atoms with Crippen molar-refractivity contribution in [1.29, 1.82) is 0 Å². The van der Waals surface area contributed by atoms with Crippen molar-refractivity contribution in [1.82, 2.24) is 30.7 Å². The third-order valence-electron chi connectivity index (χ3n) is 5.41. The van der Waals surface area contributed by atoms with Crippen molar-refractivity contribution in [3.05, 3.63) is 77.1 Å². The average molecular weight is 550 g/mol. The first-order valence-corrected chi connectivity index (χ1v) is 13.5. The summed E-state index contributed by atoms with van der Waals surface area (Å²) in [7, 11) is 0. The molecule has 0 saturated heterocycles. The fraction of sp³-hybridized carbons (Fsp3) is 0.208. The maximum Gasteiger partial charge on any atom is 0.293 e. The molecule has 4 aromatic rings. The van der Waals surface area contributed by atoms with Gasteiger partial charge in [-0.05, 0) is 52.6 Å². The van der Waals surface area contributed by atoms with Crippen LogP contribution in [-0.4, -0.2) is 53.6 Å². The van der Waals surface area contributed by atoms with Crippen molar-refractivity contribution >= 4 is 45.3 Å². The Morgan fingerprint density at radius 3 is 2.74 bits per heavy atom. The van der Waals surface area contributed by atoms with Crippen molar-refractivity contribution in [3.8, 4) is 11.6 Å². The number of aromatic nitrogens is 5. The van der Waals surface area contributed by atoms with E-state index < -0.39 is 5.91 Å². The number of carbonyl (C=O) groups is 1. The van der Waals surface area contributed by atoms with Crippen LogP contribution in [0, 0.1) is 0 Å². The van der Waals surface area contributed by atoms with Crippen LogP contribution in [-0.2, 0) is 12.4 Å². The monoisotopic (exact) mass is 549 g/mol. The van der Waals surface area contributed by atoms with E-state index in [9.17, 15) is 4.79 Å². The van der Waals surface area contributed by atoms with E-state index in [1.54, 1.807) is 18.7 Å². The van der Waals surface area contributed by atoms with Gasteiger partial charge >= 0.3 is 0 Å². The van der Waals surface area contributed by atoms with Crippen LogP contribution in [0.2, 0.25) is 0 Å². The van der Waals surface area contributed by atoms with Gasteiger partial charge in [0.2, 0.25) is 11.6 Å². The third kappa shape index (κ3) is 6.03. The molecule has 14 heteroatoms. The quantitative estimate of drug-likeness (QED) is 0.234. The summed E-state index contributed by atoms with van der Waals surface area (Å²) in [5.41, 5.74) is 11.5. The zero-order chi connectivity index (χ0) is 26.3. The highest BCUT2D eigenvalue weighted by atomic mass is 32.2. The second-order valence-corrected chi connectivity index (χ2v) is 10.3. The van der Waals surface area contributed by atoms with Crippen molar-refractivity contribution in [2.45, 2.75) is 19.3 Å². The second-order valence-electron chi connectivity index (χ2n) is 7.99. The lowest BCUT2D eigenvalue weighted by Crippen LogP contribution is -2.21. The number of hydrogen-bond donors (Lipinski definition) is 2. The van der Waals surface area contributed by atoms with Crippen LogP contribution in [0.5, 0.6) is 5.75 Å². The molecule has 1 aliphatic rings. The first-order chi connectivity index (χ1) is 18.6. The number of benzene rings is 2. The highest BCUT2D eigenvalue weighted by Gasteiger charge is 2.25. The molecular weight excluding hydrogens is 526 g/mol. The van der Waals surface area contributed by atoms with Crippen LogP contribution >= 0.6 is 23.5 Å². The zero-order valence-corrected chi connectivity index (χ0v) is 21.9. The molecule has 194 valence electrons. The Hall–Kier alpha value is -4.17. The molecule has 1 aliphatic heterocycles. The minimum Gasteiger partial charge on any atom is -0.489 e. The lowest BCUT2D eigenvalue weighted by atomic mass is 10.1. The van der Waals surface area contributed by atoms with Crippen molar-refractivity contribution in [3.63, 3.8) is 0 Å². The second kappa shape index (κ2) is 11.9. The van der Waals surface area contributed by atoms with E-state index in [1.807, 2.05) is 54.6 Å². The number of aliphatic imine (C=N–C) groups is 1. The van der Waals surface area contributed by atoms with Crippen LogP contribution in [0.1, 0.15) is 34.2 Å². The van der Waals surface area contributed by atoms with E-state index in [4.69, 9.17) is 15.1 Å². The number of hydrazone groups is 1. The first kappa shape index (κ1) is 25.5. The van der Waals surface area contributed by atoms with E-state index in [0.717, 1.165) is 33.5 Å². The first-order valence-electron chi connectivity index (χ1n) is 11.5. The summed E-state index contributed by atoms with van der Waals surface area (Å²) in [6.45, 7) is 3.05. The van der Waals surface area contributed by atoms with E-state index >= 15 is 0 Å². The van der Waals surface area contributed by atoms with E-state index in [2.05, 4.69) is 36.1 Å². The molecule has 0 radical (unpaired) electrons. The molecule has 38 heavy (non-hydrogen) atoms. The van der Waals surface area contributed by atoms with Gasteiger partial charge in [-0.15, -0.1) is 5.10 Å². The summed E-state index contributed by atoms with van der Waals surface area (Å²) >= 11 is 3.14. The maximum absolute atomic E-state index is 13.0. The Balaban J connectivity index is 1.27. The predicted molar refractivity (Wildman–Crippen MR) is 147 cm³/mol. The molecule has 0 unspecified atom stereocenters. The number of nitrogens with one attached hydrogen (secondary N) is 1. The fourth-order valence-electron chi connectivity index (χ4n) is 3.43. The Labute approximate surface area is 226 Å². The van der Waals surface area contributed by atoms with Crippen LogP contribution in [0.25, 0.3) is 5.82 Å². The fourth-order valence-corrected chi connectivity index (χ4v) is 5.44. The summed E-state index contributed by atoms with van der Waals surface area (Å²) < 4.78 is 12.8. The number of nitrogens with zero attached hydrogens (tertiary/aromatic N) is 7. The summed E-state index contributed by atoms with van der Waals surface area (Å²) in [6.07, 6.45) is 0. The molecule has 12 nitrogen and oxygen atoms in total. The third-order valence-corrected chi connectivity index (χ3v) is 7.67. The van der Waals surface area contributed by atoms with E-state index in [-0.39, 0.29) is 17.3 Å². The van der Waals surface area contributed by atoms with Gasteiger partial charge in [0.15, 0.2) is 5.69 Å². The van der Waals surface area contributed by atoms with Gasteiger partial charge in [0.05, 0.1) is 18.0 Å². The number of thioether (sulfide) groups is 2. The van der Waals surface area contributed by atoms with E-state index in [0.29, 0.717) is 23.8 Å². The number of nitrogen functional groups attached to an aromatic ring is 1. The Bertz CT molecular complexity index is 1470. The van der Waals surface area contributed by atoms with Crippen molar-refractivity contribution < 1.29 is 14.2 Å². The standard InChI is InChI=1S/C24H23N9O3S2/c1-15(17-7-9-18(10-8-17)35-13-16-5-3-2-4-6-16)27-29-23(34)20-19(14-38-24-26-11-12-37-24)33(32-28-20)22-21(25)30-36-31-22/h2-10H,11-14H2,1H3,(H2,25,30)(H,29,34)/b27-15+. The molecule has 0 aliphatic carbocycles. The van der Waals surface area contributed by atoms with Crippen LogP contribution < -0.4 is 15.9 Å². The molecule has 0 atom stereocenters. The molecule has 5 rings (SSSR count). The van der Waals surface area contributed by atoms with Gasteiger partial charge < -0.3 is 10.5 Å². The smallest absolute Gasteiger partial charge is 0.293 e. The Morgan fingerprint density at radius 1 is 1.21 bits per heavy atom. The highest BCUT2D eigenvalue weighted by molar-refractivity contribution is 8.38. The van der Waals surface area contributed by atoms with Gasteiger partial charge in [-0.2, -0.15) is 9.78 Å². The van der Waals surface area contributed by atoms with Gasteiger partial charge in [-0.1, -0.05) is 59.1 Å². The largest absolute Gasteiger partial charge is 0.489 e. The number of ether oxygens (including phenoxy) is 1. The molecule has 3 heterocycles. The van der Waals surface area contributed by atoms with Gasteiger partial charge in [0, 0.05) is 11.5 Å². The van der Waals surface area contributed by atoms with Gasteiger partial charge in [-0.3, -0.25) is 9.79 Å². The molecule has 3 N–H and O–H groups in total. The van der Waals surface area contributed by atoms with Crippen LogP contribution in [0.3, 0.4) is 0 Å². The van der Waals surface area contributed by atoms with Gasteiger partial charge in [0.1, 0.15) is 16.7 Å². The minimum atomic E-state index is -0.523. The Kier molecular flexibility index (Phi) is 7.99. The number of rotatable bonds is 9. The lowest BCUT2D eigenvalue weighted by molar-refractivity contribution is 0.0949. The zero-order valence-electron chi connectivity index (χ0n) is 20.3. The highest BCUT2D eigenvalue weighted by Crippen LogP contribution is 2.27. The topological polar surface area (TPSA) is 159 Å². The van der Waals surface area contributed by atoms with Gasteiger partial charge in [-0.25, -0.2) is 10.1 Å². The maximum atomic E-state index is 13.0. The minimum absolute atomic E-state index is 0.0331. The normalized spacial score (nSPS) is 13.4. The predicted octanol–water partition coefficient (Wildman–Crippen LogP) is 3.30. The molecular formula is C24H23N9O3S2. The number of nitrogens with two attached hydrogens (primary N) is 1. The summed E-state index contributed by atoms with van der Waals surface area (Å²) in [5, 5.41) is 19.7. The van der Waals surface area contributed by atoms with Gasteiger partial charge in [0.25, 0.3) is 5.91 Å². The number of carbonyl (C=O) groups excluding carboxylic acids is 1. The number of anilines is 1. The summed E-state index contributed by atoms with van der Waals surface area (Å²) in [4.78, 5) is 17.5. The van der Waals surface area contributed by atoms with E-state index in [1.165, 1.54) is 16.4 Å². The Morgan fingerprint density at radius 2 is 2.03 bits per heavy atom. The molecule has 0 fully saturated rings. The molecule has 2 aromatic carbocycles. The van der Waals surface area contributed by atoms with Crippen LogP contribution in [0.4, 0.5) is 5.82 Å². The van der Waals surface area contributed by atoms with Crippen molar-refractivity contribution in [2.75, 3.05) is 18.0 Å². The van der Waals surface area contributed by atoms with Crippen molar-refractivity contribution in [2.24, 2.45) is 10.1 Å². The molecule has 0 saturated carbocycles. The molecule has 2 aromatic heterocycles. The lowest BCUT2D eigenvalue weighted by Gasteiger charge is -2.08. The molecule has 0 bridgehead atoms. The SMILES string of the molecule is C/C(=N\NC(=O)c1nnn(-c2nonc2N)c1CSC1=NCCS1)c1ccc(OCc2ccccc2)cc1. The number of amides is 1. The summed E-state index contributed by atoms with van der Waals surface area (Å²) in [5.74, 6) is 1.70. The molecule has 1 amide bonds. The van der Waals surface area contributed by atoms with Crippen LogP contribution in [0.15, 0.2) is 69.3 Å².